The van der Waals surface area contributed by atoms with Crippen LogP contribution < -0.4 is 24.8 Å². The molecule has 0 spiro atoms. The number of tetrazole rings is 1. The molecule has 0 radical (unpaired) electrons. The normalized spacial score (nSPS) is 11.5. The van der Waals surface area contributed by atoms with Gasteiger partial charge in [0.15, 0.2) is 5.82 Å². The molecule has 0 saturated carbocycles. The summed E-state index contributed by atoms with van der Waals surface area (Å²) in [5.74, 6) is 0.110. The Morgan fingerprint density at radius 2 is 1.69 bits per heavy atom. The van der Waals surface area contributed by atoms with Crippen molar-refractivity contribution in [3.8, 4) is 28.3 Å². The second-order valence-electron chi connectivity index (χ2n) is 11.1. The number of hydrogen-bond acceptors (Lipinski definition) is 10. The molecule has 0 saturated heterocycles. The monoisotopic (exact) mass is 663 g/mol. The maximum absolute atomic E-state index is 13.7. The van der Waals surface area contributed by atoms with Crippen molar-refractivity contribution in [3.63, 3.8) is 0 Å². The number of phosphoric acid groups is 1. The van der Waals surface area contributed by atoms with Crippen LogP contribution in [0.25, 0.3) is 33.4 Å². The van der Waals surface area contributed by atoms with Crippen LogP contribution >= 0.6 is 7.82 Å². The predicted octanol–water partition coefficient (Wildman–Crippen LogP) is 3.96. The van der Waals surface area contributed by atoms with Crippen molar-refractivity contribution in [2.24, 2.45) is 7.05 Å². The average molecular weight is 664 g/mol. The molecule has 0 atom stereocenters. The number of benzene rings is 4. The van der Waals surface area contributed by atoms with Crippen LogP contribution in [0, 0.1) is 0 Å². The fourth-order valence-electron chi connectivity index (χ4n) is 5.41. The summed E-state index contributed by atoms with van der Waals surface area (Å²) < 4.78 is 18.5. The maximum Gasteiger partial charge on any atom is 0.261 e. The zero-order chi connectivity index (χ0) is 33.8. The van der Waals surface area contributed by atoms with Gasteiger partial charge in [-0.1, -0.05) is 61.9 Å². The topological polar surface area (TPSA) is 171 Å². The summed E-state index contributed by atoms with van der Waals surface area (Å²) in [6.45, 7) is 2.67. The van der Waals surface area contributed by atoms with Crippen molar-refractivity contribution in [1.29, 1.82) is 0 Å². The van der Waals surface area contributed by atoms with E-state index in [1.165, 1.54) is 35.2 Å². The van der Waals surface area contributed by atoms with Crippen LogP contribution in [0.4, 0.5) is 5.69 Å². The molecule has 0 aliphatic carbocycles. The summed E-state index contributed by atoms with van der Waals surface area (Å²) in [4.78, 5) is 55.3. The van der Waals surface area contributed by atoms with Crippen molar-refractivity contribution in [2.75, 3.05) is 11.4 Å². The van der Waals surface area contributed by atoms with Crippen LogP contribution in [0.5, 0.6) is 5.75 Å². The standard InChI is InChI=1S/C34H32N7O6P/c1-3-4-19-41(33(42)25-13-16-27(17-14-25)47-48(44,45)46)26-15-18-31-30(20-26)34(43)40(22-35-31)21-23-9-11-24(12-10-23)28-7-5-6-8-29(28)32-36-37-38-39(32)2/h5-18,20,22H,3-4,19,21H2,1-2H3,(H2,44,45,46)/p-2. The molecule has 0 unspecified atom stereocenters. The van der Waals surface area contributed by atoms with E-state index in [0.717, 1.165) is 28.7 Å². The molecule has 244 valence electrons. The molecule has 1 amide bonds. The highest BCUT2D eigenvalue weighted by atomic mass is 31.2. The zero-order valence-electron chi connectivity index (χ0n) is 26.1. The summed E-state index contributed by atoms with van der Waals surface area (Å²) in [5.41, 5.74) is 4.76. The lowest BCUT2D eigenvalue weighted by molar-refractivity contribution is -0.333. The molecule has 0 bridgehead atoms. The van der Waals surface area contributed by atoms with Crippen LogP contribution in [-0.2, 0) is 18.2 Å². The van der Waals surface area contributed by atoms with Crippen molar-refractivity contribution in [1.82, 2.24) is 29.8 Å². The van der Waals surface area contributed by atoms with E-state index in [0.29, 0.717) is 35.4 Å². The van der Waals surface area contributed by atoms with E-state index in [9.17, 15) is 23.9 Å². The Morgan fingerprint density at radius 3 is 2.35 bits per heavy atom. The Bertz CT molecular complexity index is 2190. The number of nitrogens with zero attached hydrogens (tertiary/aromatic N) is 7. The minimum Gasteiger partial charge on any atom is -0.780 e. The fourth-order valence-corrected chi connectivity index (χ4v) is 5.79. The molecule has 4 aromatic carbocycles. The van der Waals surface area contributed by atoms with E-state index < -0.39 is 7.82 Å². The quantitative estimate of drug-likeness (QED) is 0.185. The highest BCUT2D eigenvalue weighted by Crippen LogP contribution is 2.31. The van der Waals surface area contributed by atoms with E-state index in [1.54, 1.807) is 34.8 Å². The predicted molar refractivity (Wildman–Crippen MR) is 176 cm³/mol. The lowest BCUT2D eigenvalue weighted by atomic mass is 9.98. The van der Waals surface area contributed by atoms with E-state index in [2.05, 4.69) is 25.0 Å². The molecule has 6 aromatic rings. The zero-order valence-corrected chi connectivity index (χ0v) is 27.0. The third-order valence-corrected chi connectivity index (χ3v) is 8.26. The van der Waals surface area contributed by atoms with Crippen molar-refractivity contribution >= 4 is 30.3 Å². The highest BCUT2D eigenvalue weighted by Gasteiger charge is 2.19. The minimum atomic E-state index is -5.23. The summed E-state index contributed by atoms with van der Waals surface area (Å²) >= 11 is 0. The minimum absolute atomic E-state index is 0.184. The number of fused-ring (bicyclic) bond motifs is 1. The Kier molecular flexibility index (Phi) is 9.26. The lowest BCUT2D eigenvalue weighted by Crippen LogP contribution is -2.32. The number of anilines is 1. The van der Waals surface area contributed by atoms with Crippen LogP contribution in [0.2, 0.25) is 0 Å². The number of amides is 1. The molecule has 13 nitrogen and oxygen atoms in total. The molecule has 48 heavy (non-hydrogen) atoms. The van der Waals surface area contributed by atoms with Gasteiger partial charge in [0.2, 0.25) is 0 Å². The van der Waals surface area contributed by atoms with Gasteiger partial charge >= 0.3 is 0 Å². The number of unbranched alkanes of at least 4 members (excludes halogenated alkanes) is 1. The smallest absolute Gasteiger partial charge is 0.261 e. The number of carbonyl (C=O) groups is 1. The molecular weight excluding hydrogens is 633 g/mol. The summed E-state index contributed by atoms with van der Waals surface area (Å²) in [6.07, 6.45) is 3.04. The first-order chi connectivity index (χ1) is 23.1. The number of rotatable bonds is 11. The number of aryl methyl sites for hydroxylation is 1. The van der Waals surface area contributed by atoms with Crippen molar-refractivity contribution in [3.05, 3.63) is 119 Å². The Morgan fingerprint density at radius 1 is 0.958 bits per heavy atom. The molecule has 0 fully saturated rings. The average Bonchev–Trinajstić information content (AvgIpc) is 3.51. The molecule has 0 aliphatic heterocycles. The lowest BCUT2D eigenvalue weighted by Gasteiger charge is -2.29. The summed E-state index contributed by atoms with van der Waals surface area (Å²) in [5, 5.41) is 12.2. The van der Waals surface area contributed by atoms with Crippen LogP contribution in [-0.4, -0.2) is 42.2 Å². The second-order valence-corrected chi connectivity index (χ2v) is 12.2. The van der Waals surface area contributed by atoms with Gasteiger partial charge in [-0.05, 0) is 76.0 Å². The van der Waals surface area contributed by atoms with Gasteiger partial charge in [0.05, 0.1) is 23.8 Å². The van der Waals surface area contributed by atoms with Crippen LogP contribution in [0.15, 0.2) is 102 Å². The van der Waals surface area contributed by atoms with Crippen molar-refractivity contribution in [2.45, 2.75) is 26.3 Å². The molecule has 14 heteroatoms. The van der Waals surface area contributed by atoms with Gasteiger partial charge in [0, 0.05) is 30.4 Å². The third kappa shape index (κ3) is 7.08. The maximum atomic E-state index is 13.7. The highest BCUT2D eigenvalue weighted by molar-refractivity contribution is 7.43. The summed E-state index contributed by atoms with van der Waals surface area (Å²) in [7, 11) is -3.44. The largest absolute Gasteiger partial charge is 0.780 e. The van der Waals surface area contributed by atoms with Gasteiger partial charge in [0.25, 0.3) is 11.5 Å². The Labute approximate surface area is 275 Å². The fraction of sp³-hybridized carbons (Fsp3) is 0.176. The SMILES string of the molecule is CCCCN(C(=O)c1ccc(OP(=O)([O-])[O-])cc1)c1ccc2ncn(Cc3ccc(-c4ccccc4-c4nnnn4C)cc3)c(=O)c2c1. The van der Waals surface area contributed by atoms with E-state index >= 15 is 0 Å². The molecule has 0 N–H and O–H groups in total. The van der Waals surface area contributed by atoms with Crippen LogP contribution in [0.3, 0.4) is 0 Å². The third-order valence-electron chi connectivity index (χ3n) is 7.82. The Balaban J connectivity index is 1.26. The van der Waals surface area contributed by atoms with Crippen LogP contribution in [0.1, 0.15) is 35.7 Å². The van der Waals surface area contributed by atoms with E-state index in [-0.39, 0.29) is 29.3 Å². The number of carbonyl (C=O) groups excluding carboxylic acids is 1. The van der Waals surface area contributed by atoms with Gasteiger partial charge in [-0.15, -0.1) is 5.10 Å². The number of phosphoric ester groups is 1. The molecule has 0 aliphatic rings. The van der Waals surface area contributed by atoms with Gasteiger partial charge in [-0.25, -0.2) is 9.67 Å². The van der Waals surface area contributed by atoms with Gasteiger partial charge in [-0.2, -0.15) is 0 Å². The molecule has 2 heterocycles. The summed E-state index contributed by atoms with van der Waals surface area (Å²) in [6, 6.07) is 26.2. The van der Waals surface area contributed by atoms with Gasteiger partial charge < -0.3 is 23.8 Å². The molecule has 6 rings (SSSR count). The van der Waals surface area contributed by atoms with Gasteiger partial charge in [-0.3, -0.25) is 14.2 Å². The Hall–Kier alpha value is -5.49. The molecule has 2 aromatic heterocycles. The molecular formula is C34H30N7O6P-2. The first kappa shape index (κ1) is 32.5. The number of hydrogen-bond donors (Lipinski definition) is 0. The van der Waals surface area contributed by atoms with E-state index in [4.69, 9.17) is 0 Å². The first-order valence-corrected chi connectivity index (χ1v) is 16.6. The van der Waals surface area contributed by atoms with E-state index in [1.807, 2.05) is 55.5 Å². The van der Waals surface area contributed by atoms with Crippen molar-refractivity contribution < 1.29 is 23.7 Å². The van der Waals surface area contributed by atoms with Gasteiger partial charge in [0.1, 0.15) is 13.6 Å². The number of aromatic nitrogens is 6. The first-order valence-electron chi connectivity index (χ1n) is 15.1. The second kappa shape index (κ2) is 13.7.